The van der Waals surface area contributed by atoms with E-state index in [1.807, 2.05) is 0 Å². The lowest BCUT2D eigenvalue weighted by Crippen LogP contribution is -2.05. The molecule has 0 atom stereocenters. The van der Waals surface area contributed by atoms with E-state index in [1.165, 1.54) is 6.39 Å². The van der Waals surface area contributed by atoms with Crippen molar-refractivity contribution in [1.29, 1.82) is 0 Å². The van der Waals surface area contributed by atoms with Gasteiger partial charge in [0.05, 0.1) is 12.3 Å². The number of nitrogens with zero attached hydrogens (tertiary/aromatic N) is 1. The van der Waals surface area contributed by atoms with Crippen molar-refractivity contribution in [1.82, 2.24) is 4.98 Å². The Kier molecular flexibility index (Phi) is 2.04. The zero-order valence-corrected chi connectivity index (χ0v) is 7.45. The second-order valence-corrected chi connectivity index (χ2v) is 3.06. The molecule has 0 spiro atoms. The first-order valence-corrected chi connectivity index (χ1v) is 4.43. The van der Waals surface area contributed by atoms with Crippen LogP contribution in [0.25, 0.3) is 0 Å². The van der Waals surface area contributed by atoms with Gasteiger partial charge in [-0.05, 0) is 19.8 Å². The first-order chi connectivity index (χ1) is 6.33. The smallest absolute Gasteiger partial charge is 0.376 e. The molecule has 1 heterocycles. The number of hydrogen-bond acceptors (Lipinski definition) is 4. The molecule has 13 heavy (non-hydrogen) atoms. The molecule has 4 nitrogen and oxygen atoms in total. The van der Waals surface area contributed by atoms with Gasteiger partial charge in [0.25, 0.3) is 0 Å². The molecular weight excluding hydrogens is 170 g/mol. The maximum Gasteiger partial charge on any atom is 0.376 e. The van der Waals surface area contributed by atoms with Crippen LogP contribution in [0.2, 0.25) is 0 Å². The summed E-state index contributed by atoms with van der Waals surface area (Å²) in [6, 6.07) is 0. The molecule has 0 bridgehead atoms. The Balaban J connectivity index is 2.18. The zero-order valence-electron chi connectivity index (χ0n) is 7.45. The zero-order chi connectivity index (χ0) is 9.26. The standard InChI is InChI=1S/C9H11NO3/c1-2-12-9(11)8-7(6-3-4-6)10-5-13-8/h5-6H,2-4H2,1H3. The number of hydrogen-bond donors (Lipinski definition) is 0. The molecule has 4 heteroatoms. The van der Waals surface area contributed by atoms with Crippen LogP contribution in [0.1, 0.15) is 41.9 Å². The van der Waals surface area contributed by atoms with Crippen molar-refractivity contribution in [3.05, 3.63) is 17.8 Å². The van der Waals surface area contributed by atoms with E-state index in [0.29, 0.717) is 12.5 Å². The summed E-state index contributed by atoms with van der Waals surface area (Å²) in [5.41, 5.74) is 0.762. The van der Waals surface area contributed by atoms with Crippen molar-refractivity contribution in [2.24, 2.45) is 0 Å². The fraction of sp³-hybridized carbons (Fsp3) is 0.556. The quantitative estimate of drug-likeness (QED) is 0.666. The van der Waals surface area contributed by atoms with Crippen molar-refractivity contribution >= 4 is 5.97 Å². The normalized spacial score (nSPS) is 15.8. The number of rotatable bonds is 3. The van der Waals surface area contributed by atoms with Crippen LogP contribution in [0.15, 0.2) is 10.8 Å². The van der Waals surface area contributed by atoms with Crippen molar-refractivity contribution in [2.75, 3.05) is 6.61 Å². The molecule has 0 aliphatic heterocycles. The molecule has 1 fully saturated rings. The summed E-state index contributed by atoms with van der Waals surface area (Å²) in [5.74, 6) is 0.296. The largest absolute Gasteiger partial charge is 0.460 e. The predicted octanol–water partition coefficient (Wildman–Crippen LogP) is 1.73. The third-order valence-electron chi connectivity index (χ3n) is 2.02. The van der Waals surface area contributed by atoms with Crippen LogP contribution in [-0.2, 0) is 4.74 Å². The Bertz CT molecular complexity index is 314. The van der Waals surface area contributed by atoms with Gasteiger partial charge < -0.3 is 9.15 Å². The molecule has 1 aromatic rings. The summed E-state index contributed by atoms with van der Waals surface area (Å²) in [4.78, 5) is 15.3. The van der Waals surface area contributed by atoms with Gasteiger partial charge in [-0.3, -0.25) is 0 Å². The van der Waals surface area contributed by atoms with Crippen LogP contribution in [0.4, 0.5) is 0 Å². The van der Waals surface area contributed by atoms with E-state index in [9.17, 15) is 4.79 Å². The molecule has 0 unspecified atom stereocenters. The molecule has 1 aliphatic rings. The Labute approximate surface area is 75.9 Å². The van der Waals surface area contributed by atoms with Gasteiger partial charge in [-0.1, -0.05) is 0 Å². The molecule has 1 aromatic heterocycles. The van der Waals surface area contributed by atoms with Crippen LogP contribution in [-0.4, -0.2) is 17.6 Å². The number of ether oxygens (including phenoxy) is 1. The van der Waals surface area contributed by atoms with Gasteiger partial charge in [-0.25, -0.2) is 9.78 Å². The Morgan fingerprint density at radius 1 is 1.77 bits per heavy atom. The number of aromatic nitrogens is 1. The van der Waals surface area contributed by atoms with E-state index < -0.39 is 5.97 Å². The maximum atomic E-state index is 11.3. The molecule has 1 aliphatic carbocycles. The summed E-state index contributed by atoms with van der Waals surface area (Å²) in [6.45, 7) is 2.13. The van der Waals surface area contributed by atoms with Crippen molar-refractivity contribution < 1.29 is 13.9 Å². The van der Waals surface area contributed by atoms with Crippen LogP contribution in [0.5, 0.6) is 0 Å². The van der Waals surface area contributed by atoms with Crippen LogP contribution < -0.4 is 0 Å². The summed E-state index contributed by atoms with van der Waals surface area (Å²) < 4.78 is 9.83. The van der Waals surface area contributed by atoms with Crippen LogP contribution >= 0.6 is 0 Å². The number of esters is 1. The molecule has 1 saturated carbocycles. The minimum Gasteiger partial charge on any atom is -0.460 e. The molecule has 0 N–H and O–H groups in total. The van der Waals surface area contributed by atoms with Gasteiger partial charge in [0, 0.05) is 5.92 Å². The van der Waals surface area contributed by atoms with Crippen LogP contribution in [0, 0.1) is 0 Å². The first-order valence-electron chi connectivity index (χ1n) is 4.43. The maximum absolute atomic E-state index is 11.3. The Hall–Kier alpha value is -1.32. The SMILES string of the molecule is CCOC(=O)c1ocnc1C1CC1. The summed E-state index contributed by atoms with van der Waals surface area (Å²) in [7, 11) is 0. The second-order valence-electron chi connectivity index (χ2n) is 3.06. The van der Waals surface area contributed by atoms with Crippen molar-refractivity contribution in [3.8, 4) is 0 Å². The first kappa shape index (κ1) is 8.29. The van der Waals surface area contributed by atoms with Gasteiger partial charge in [0.2, 0.25) is 5.76 Å². The number of oxazole rings is 1. The Morgan fingerprint density at radius 2 is 2.54 bits per heavy atom. The van der Waals surface area contributed by atoms with Gasteiger partial charge in [-0.15, -0.1) is 0 Å². The van der Waals surface area contributed by atoms with Gasteiger partial charge in [0.15, 0.2) is 6.39 Å². The van der Waals surface area contributed by atoms with Gasteiger partial charge >= 0.3 is 5.97 Å². The molecule has 0 amide bonds. The second kappa shape index (κ2) is 3.20. The summed E-state index contributed by atoms with van der Waals surface area (Å²) in [5, 5.41) is 0. The molecular formula is C9H11NO3. The van der Waals surface area contributed by atoms with Crippen molar-refractivity contribution in [2.45, 2.75) is 25.7 Å². The third-order valence-corrected chi connectivity index (χ3v) is 2.02. The van der Waals surface area contributed by atoms with E-state index in [4.69, 9.17) is 9.15 Å². The highest BCUT2D eigenvalue weighted by Crippen LogP contribution is 2.40. The van der Waals surface area contributed by atoms with E-state index in [0.717, 1.165) is 18.5 Å². The average molecular weight is 181 g/mol. The molecule has 0 aromatic carbocycles. The van der Waals surface area contributed by atoms with Crippen LogP contribution in [0.3, 0.4) is 0 Å². The highest BCUT2D eigenvalue weighted by molar-refractivity contribution is 5.87. The van der Waals surface area contributed by atoms with E-state index in [-0.39, 0.29) is 5.76 Å². The highest BCUT2D eigenvalue weighted by atomic mass is 16.5. The summed E-state index contributed by atoms with van der Waals surface area (Å²) >= 11 is 0. The molecule has 0 radical (unpaired) electrons. The monoisotopic (exact) mass is 181 g/mol. The molecule has 70 valence electrons. The van der Waals surface area contributed by atoms with E-state index in [2.05, 4.69) is 4.98 Å². The Morgan fingerprint density at radius 3 is 3.15 bits per heavy atom. The fourth-order valence-electron chi connectivity index (χ4n) is 1.25. The van der Waals surface area contributed by atoms with E-state index in [1.54, 1.807) is 6.92 Å². The third kappa shape index (κ3) is 1.56. The molecule has 2 rings (SSSR count). The average Bonchev–Trinajstić information content (AvgIpc) is 2.84. The van der Waals surface area contributed by atoms with E-state index >= 15 is 0 Å². The highest BCUT2D eigenvalue weighted by Gasteiger charge is 2.32. The predicted molar refractivity (Wildman–Crippen MR) is 44.4 cm³/mol. The topological polar surface area (TPSA) is 52.3 Å². The number of carbonyl (C=O) groups excluding carboxylic acids is 1. The molecule has 0 saturated heterocycles. The number of carbonyl (C=O) groups is 1. The minimum atomic E-state index is -0.401. The van der Waals surface area contributed by atoms with Gasteiger partial charge in [0.1, 0.15) is 0 Å². The lowest BCUT2D eigenvalue weighted by Gasteiger charge is -1.98. The lowest BCUT2D eigenvalue weighted by molar-refractivity contribution is 0.0488. The minimum absolute atomic E-state index is 0.282. The summed E-state index contributed by atoms with van der Waals surface area (Å²) in [6.07, 6.45) is 3.50. The van der Waals surface area contributed by atoms with Crippen molar-refractivity contribution in [3.63, 3.8) is 0 Å². The fourth-order valence-corrected chi connectivity index (χ4v) is 1.25. The van der Waals surface area contributed by atoms with Gasteiger partial charge in [-0.2, -0.15) is 0 Å². The lowest BCUT2D eigenvalue weighted by atomic mass is 10.2.